The van der Waals surface area contributed by atoms with Crippen molar-refractivity contribution in [2.24, 2.45) is 0 Å². The monoisotopic (exact) mass is 1190 g/mol. The van der Waals surface area contributed by atoms with Gasteiger partial charge in [0.2, 0.25) is 5.91 Å². The highest BCUT2D eigenvalue weighted by Gasteiger charge is 2.53. The van der Waals surface area contributed by atoms with E-state index >= 15 is 0 Å². The Balaban J connectivity index is 1.47. The highest BCUT2D eigenvalue weighted by molar-refractivity contribution is 5.76. The zero-order chi connectivity index (χ0) is 60.5. The molecule has 1 amide bonds. The third-order valence-corrected chi connectivity index (χ3v) is 17.1. The van der Waals surface area contributed by atoms with E-state index in [1.807, 2.05) is 6.08 Å². The molecule has 17 unspecified atom stereocenters. The van der Waals surface area contributed by atoms with Crippen LogP contribution in [0.4, 0.5) is 0 Å². The minimum absolute atomic E-state index is 0.249. The molecule has 0 saturated carbocycles. The number of unbranched alkanes of at least 4 members (excludes halogenated alkanes) is 35. The lowest BCUT2D eigenvalue weighted by molar-refractivity contribution is -0.379. The molecular weight excluding hydrogens is 1070 g/mol. The van der Waals surface area contributed by atoms with Gasteiger partial charge >= 0.3 is 0 Å². The van der Waals surface area contributed by atoms with E-state index in [0.29, 0.717) is 6.42 Å². The van der Waals surface area contributed by atoms with Gasteiger partial charge in [0.25, 0.3) is 0 Å². The molecule has 19 heteroatoms. The molecule has 3 rings (SSSR count). The summed E-state index contributed by atoms with van der Waals surface area (Å²) in [5.41, 5.74) is 0. The predicted octanol–water partition coefficient (Wildman–Crippen LogP) is 7.72. The van der Waals surface area contributed by atoms with Crippen molar-refractivity contribution < 1.29 is 89.4 Å². The second-order valence-electron chi connectivity index (χ2n) is 24.3. The molecule has 0 bridgehead atoms. The molecule has 0 aliphatic carbocycles. The zero-order valence-electron chi connectivity index (χ0n) is 51.4. The fourth-order valence-electron chi connectivity index (χ4n) is 11.6. The maximum absolute atomic E-state index is 13.4. The first-order valence-corrected chi connectivity index (χ1v) is 33.4. The third-order valence-electron chi connectivity index (χ3n) is 17.1. The van der Waals surface area contributed by atoms with Gasteiger partial charge in [-0.05, 0) is 19.3 Å². The van der Waals surface area contributed by atoms with E-state index in [2.05, 4.69) is 19.2 Å². The number of hydrogen-bond acceptors (Lipinski definition) is 18. The molecular formula is C64H121NO18. The Hall–Kier alpha value is -1.47. The summed E-state index contributed by atoms with van der Waals surface area (Å²) in [5, 5.41) is 120. The fraction of sp³-hybridized carbons (Fsp3) is 0.953. The summed E-state index contributed by atoms with van der Waals surface area (Å²) in [7, 11) is 0. The van der Waals surface area contributed by atoms with Gasteiger partial charge in [-0.3, -0.25) is 4.79 Å². The van der Waals surface area contributed by atoms with Crippen LogP contribution in [0.5, 0.6) is 0 Å². The number of nitrogens with one attached hydrogen (secondary N) is 1. The summed E-state index contributed by atoms with van der Waals surface area (Å²) in [6.45, 7) is 1.76. The predicted molar refractivity (Wildman–Crippen MR) is 319 cm³/mol. The first-order chi connectivity index (χ1) is 40.3. The number of allylic oxidation sites excluding steroid dienone is 1. The van der Waals surface area contributed by atoms with Crippen LogP contribution >= 0.6 is 0 Å². The van der Waals surface area contributed by atoms with Gasteiger partial charge in [0.1, 0.15) is 73.2 Å². The summed E-state index contributed by atoms with van der Waals surface area (Å²) < 4.78 is 34.3. The van der Waals surface area contributed by atoms with Crippen molar-refractivity contribution in [3.63, 3.8) is 0 Å². The summed E-state index contributed by atoms with van der Waals surface area (Å²) in [6.07, 6.45) is 23.2. The quantitative estimate of drug-likeness (QED) is 0.0205. The molecule has 17 atom stereocenters. The first-order valence-electron chi connectivity index (χ1n) is 33.4. The van der Waals surface area contributed by atoms with Gasteiger partial charge in [0.15, 0.2) is 18.9 Å². The Morgan fingerprint density at radius 1 is 0.422 bits per heavy atom. The van der Waals surface area contributed by atoms with Crippen molar-refractivity contribution in [3.8, 4) is 0 Å². The Labute approximate surface area is 499 Å². The van der Waals surface area contributed by atoms with Gasteiger partial charge in [0.05, 0.1) is 38.6 Å². The molecule has 3 aliphatic rings. The lowest BCUT2D eigenvalue weighted by Crippen LogP contribution is -2.66. The summed E-state index contributed by atoms with van der Waals surface area (Å²) in [5.74, 6) is -0.270. The minimum atomic E-state index is -1.98. The van der Waals surface area contributed by atoms with Crippen LogP contribution in [0, 0.1) is 0 Å². The van der Waals surface area contributed by atoms with Gasteiger partial charge in [0, 0.05) is 6.42 Å². The molecule has 490 valence electrons. The second kappa shape index (κ2) is 47.5. The van der Waals surface area contributed by atoms with E-state index in [0.717, 1.165) is 44.9 Å². The van der Waals surface area contributed by atoms with Crippen LogP contribution in [0.3, 0.4) is 0 Å². The summed E-state index contributed by atoms with van der Waals surface area (Å²) in [6, 6.07) is -0.968. The lowest BCUT2D eigenvalue weighted by atomic mass is 9.96. The topological polar surface area (TPSA) is 307 Å². The van der Waals surface area contributed by atoms with Gasteiger partial charge < -0.3 is 89.9 Å². The largest absolute Gasteiger partial charge is 0.394 e. The molecule has 3 saturated heterocycles. The van der Waals surface area contributed by atoms with Crippen LogP contribution in [0.25, 0.3) is 0 Å². The smallest absolute Gasteiger partial charge is 0.220 e. The number of aliphatic hydroxyl groups is 11. The molecule has 0 spiro atoms. The summed E-state index contributed by atoms with van der Waals surface area (Å²) >= 11 is 0. The van der Waals surface area contributed by atoms with E-state index in [9.17, 15) is 61.0 Å². The van der Waals surface area contributed by atoms with Gasteiger partial charge in [-0.2, -0.15) is 0 Å². The minimum Gasteiger partial charge on any atom is -0.394 e. The molecule has 0 aromatic heterocycles. The Morgan fingerprint density at radius 2 is 0.747 bits per heavy atom. The lowest BCUT2D eigenvalue weighted by Gasteiger charge is -2.48. The molecule has 0 aromatic carbocycles. The highest BCUT2D eigenvalue weighted by atomic mass is 16.8. The number of amides is 1. The van der Waals surface area contributed by atoms with Crippen molar-refractivity contribution in [3.05, 3.63) is 12.2 Å². The van der Waals surface area contributed by atoms with Crippen LogP contribution in [0.15, 0.2) is 12.2 Å². The van der Waals surface area contributed by atoms with Crippen LogP contribution in [-0.2, 0) is 33.2 Å². The first kappa shape index (κ1) is 75.8. The number of rotatable bonds is 51. The van der Waals surface area contributed by atoms with E-state index in [1.54, 1.807) is 6.08 Å². The van der Waals surface area contributed by atoms with Crippen LogP contribution in [0.2, 0.25) is 0 Å². The number of hydrogen-bond donors (Lipinski definition) is 12. The number of aliphatic hydroxyl groups excluding tert-OH is 11. The molecule has 12 N–H and O–H groups in total. The number of carbonyl (C=O) groups is 1. The normalized spacial score (nSPS) is 29.4. The third kappa shape index (κ3) is 30.5. The van der Waals surface area contributed by atoms with Crippen molar-refractivity contribution in [1.29, 1.82) is 0 Å². The molecule has 3 fully saturated rings. The van der Waals surface area contributed by atoms with Crippen LogP contribution in [0.1, 0.15) is 258 Å². The van der Waals surface area contributed by atoms with Crippen molar-refractivity contribution in [2.75, 3.05) is 26.4 Å². The average molecular weight is 1190 g/mol. The average Bonchev–Trinajstić information content (AvgIpc) is 3.34. The molecule has 0 aromatic rings. The van der Waals surface area contributed by atoms with E-state index in [-0.39, 0.29) is 18.9 Å². The molecule has 0 radical (unpaired) electrons. The standard InChI is InChI=1S/C64H121NO18/c1-3-5-7-9-11-13-15-17-19-21-22-23-24-26-27-29-31-33-35-37-39-41-48(69)47(65-52(70)42-40-38-36-34-32-30-28-25-20-18-16-14-12-10-8-6-4-2)46-78-62-58(76)55(73)60(50(44-67)80-62)83-64-59(77)56(74)61(51(45-68)81-64)82-63-57(75)54(72)53(71)49(43-66)79-63/h39,41,47-51,53-64,66-69,71-77H,3-38,40,42-46H2,1-2H3,(H,65,70)/b41-39+. The Bertz CT molecular complexity index is 1560. The number of carbonyl (C=O) groups excluding carboxylic acids is 1. The SMILES string of the molecule is CCCCCCCCCCCCCCCCCCCCC/C=C/C(O)C(COC1OC(CO)C(OC2OC(CO)C(OC3OC(CO)C(O)C(O)C3O)C(O)C2O)C(O)C1O)NC(=O)CCCCCCCCCCCCCCCCCCC. The molecule has 83 heavy (non-hydrogen) atoms. The maximum Gasteiger partial charge on any atom is 0.220 e. The van der Waals surface area contributed by atoms with Crippen molar-refractivity contribution in [1.82, 2.24) is 5.32 Å². The molecule has 19 nitrogen and oxygen atoms in total. The number of ether oxygens (including phenoxy) is 6. The second-order valence-corrected chi connectivity index (χ2v) is 24.3. The maximum atomic E-state index is 13.4. The highest BCUT2D eigenvalue weighted by Crippen LogP contribution is 2.33. The van der Waals surface area contributed by atoms with E-state index in [1.165, 1.54) is 186 Å². The van der Waals surface area contributed by atoms with Crippen LogP contribution in [-0.4, -0.2) is 193 Å². The van der Waals surface area contributed by atoms with Gasteiger partial charge in [-0.1, -0.05) is 244 Å². The van der Waals surface area contributed by atoms with Gasteiger partial charge in [-0.25, -0.2) is 0 Å². The Kier molecular flexibility index (Phi) is 43.4. The van der Waals surface area contributed by atoms with E-state index < -0.39 is 124 Å². The fourth-order valence-corrected chi connectivity index (χ4v) is 11.6. The van der Waals surface area contributed by atoms with Crippen molar-refractivity contribution >= 4 is 5.91 Å². The Morgan fingerprint density at radius 3 is 1.13 bits per heavy atom. The summed E-state index contributed by atoms with van der Waals surface area (Å²) in [4.78, 5) is 13.4. The zero-order valence-corrected chi connectivity index (χ0v) is 51.4. The van der Waals surface area contributed by atoms with Gasteiger partial charge in [-0.15, -0.1) is 0 Å². The van der Waals surface area contributed by atoms with Crippen LogP contribution < -0.4 is 5.32 Å². The van der Waals surface area contributed by atoms with E-state index in [4.69, 9.17) is 28.4 Å². The molecule has 3 aliphatic heterocycles. The van der Waals surface area contributed by atoms with Crippen molar-refractivity contribution in [2.45, 2.75) is 362 Å². The molecule has 3 heterocycles.